The smallest absolute Gasteiger partial charge is 0.262 e. The molecule has 0 bridgehead atoms. The third kappa shape index (κ3) is 4.31. The third-order valence-electron chi connectivity index (χ3n) is 4.77. The second kappa shape index (κ2) is 8.10. The van der Waals surface area contributed by atoms with Crippen LogP contribution in [0.5, 0.6) is 5.75 Å². The highest BCUT2D eigenvalue weighted by Gasteiger charge is 2.28. The van der Waals surface area contributed by atoms with Crippen molar-refractivity contribution in [1.82, 2.24) is 4.90 Å². The minimum absolute atomic E-state index is 0.121. The molecule has 0 saturated heterocycles. The maximum atomic E-state index is 12.4. The van der Waals surface area contributed by atoms with Gasteiger partial charge < -0.3 is 15.8 Å². The summed E-state index contributed by atoms with van der Waals surface area (Å²) < 4.78 is 5.59. The van der Waals surface area contributed by atoms with E-state index in [2.05, 4.69) is 24.1 Å². The second-order valence-electron chi connectivity index (χ2n) is 6.99. The summed E-state index contributed by atoms with van der Waals surface area (Å²) in [5.41, 5.74) is 7.99. The molecule has 3 rings (SSSR count). The number of para-hydroxylation sites is 1. The van der Waals surface area contributed by atoms with Gasteiger partial charge in [0.05, 0.1) is 5.56 Å². The van der Waals surface area contributed by atoms with Gasteiger partial charge in [-0.15, -0.1) is 11.3 Å². The van der Waals surface area contributed by atoms with E-state index in [0.717, 1.165) is 35.5 Å². The predicted octanol–water partition coefficient (Wildman–Crippen LogP) is 2.94. The van der Waals surface area contributed by atoms with Crippen LogP contribution in [0.15, 0.2) is 24.3 Å². The van der Waals surface area contributed by atoms with E-state index in [1.165, 1.54) is 11.3 Å². The molecule has 1 aromatic carbocycles. The molecule has 0 radical (unpaired) electrons. The van der Waals surface area contributed by atoms with Gasteiger partial charge in [0.2, 0.25) is 0 Å². The highest BCUT2D eigenvalue weighted by Crippen LogP contribution is 2.37. The van der Waals surface area contributed by atoms with Crippen LogP contribution < -0.4 is 15.8 Å². The Kier molecular flexibility index (Phi) is 5.82. The molecule has 27 heavy (non-hydrogen) atoms. The van der Waals surface area contributed by atoms with Crippen molar-refractivity contribution in [2.24, 2.45) is 5.73 Å². The van der Waals surface area contributed by atoms with Gasteiger partial charge in [0.15, 0.2) is 6.61 Å². The first-order valence-corrected chi connectivity index (χ1v) is 9.85. The largest absolute Gasteiger partial charge is 0.483 e. The molecule has 3 N–H and O–H groups in total. The molecule has 1 aliphatic rings. The van der Waals surface area contributed by atoms with Crippen LogP contribution in [0.2, 0.25) is 0 Å². The second-order valence-corrected chi connectivity index (χ2v) is 8.09. The molecular formula is C20H25N3O3S. The molecule has 0 unspecified atom stereocenters. The number of benzene rings is 1. The van der Waals surface area contributed by atoms with E-state index in [-0.39, 0.29) is 12.5 Å². The highest BCUT2D eigenvalue weighted by molar-refractivity contribution is 7.17. The van der Waals surface area contributed by atoms with Crippen LogP contribution in [0.1, 0.15) is 40.2 Å². The average molecular weight is 388 g/mol. The Morgan fingerprint density at radius 1 is 1.33 bits per heavy atom. The lowest BCUT2D eigenvalue weighted by molar-refractivity contribution is -0.118. The van der Waals surface area contributed by atoms with Crippen molar-refractivity contribution in [3.05, 3.63) is 45.8 Å². The Hall–Kier alpha value is -2.38. The van der Waals surface area contributed by atoms with E-state index >= 15 is 0 Å². The SMILES string of the molecule is Cc1ccccc1OCC(=O)Nc1sc2c(c1C(N)=O)CCN(C(C)C)C2. The van der Waals surface area contributed by atoms with Crippen LogP contribution in [-0.4, -0.2) is 35.9 Å². The van der Waals surface area contributed by atoms with E-state index in [1.54, 1.807) is 0 Å². The molecule has 0 atom stereocenters. The predicted molar refractivity (Wildman–Crippen MR) is 107 cm³/mol. The minimum Gasteiger partial charge on any atom is -0.483 e. The lowest BCUT2D eigenvalue weighted by Crippen LogP contribution is -2.35. The fraction of sp³-hybridized carbons (Fsp3) is 0.400. The number of hydrogen-bond donors (Lipinski definition) is 2. The van der Waals surface area contributed by atoms with Gasteiger partial charge in [-0.2, -0.15) is 0 Å². The maximum Gasteiger partial charge on any atom is 0.262 e. The van der Waals surface area contributed by atoms with Crippen molar-refractivity contribution < 1.29 is 14.3 Å². The first kappa shape index (κ1) is 19.4. The van der Waals surface area contributed by atoms with Gasteiger partial charge in [-0.1, -0.05) is 18.2 Å². The monoisotopic (exact) mass is 387 g/mol. The summed E-state index contributed by atoms with van der Waals surface area (Å²) in [6.07, 6.45) is 0.762. The summed E-state index contributed by atoms with van der Waals surface area (Å²) >= 11 is 1.43. The molecule has 0 spiro atoms. The minimum atomic E-state index is -0.499. The van der Waals surface area contributed by atoms with Crippen LogP contribution in [0.3, 0.4) is 0 Å². The molecule has 1 aliphatic heterocycles. The van der Waals surface area contributed by atoms with Crippen molar-refractivity contribution >= 4 is 28.2 Å². The molecule has 0 saturated carbocycles. The number of hydrogen-bond acceptors (Lipinski definition) is 5. The molecule has 0 aliphatic carbocycles. The number of rotatable bonds is 6. The number of carbonyl (C=O) groups is 2. The number of fused-ring (bicyclic) bond motifs is 1. The molecule has 2 heterocycles. The Bertz CT molecular complexity index is 860. The first-order chi connectivity index (χ1) is 12.9. The van der Waals surface area contributed by atoms with E-state index in [1.807, 2.05) is 31.2 Å². The number of ether oxygens (including phenoxy) is 1. The molecule has 0 fully saturated rings. The maximum absolute atomic E-state index is 12.4. The van der Waals surface area contributed by atoms with Crippen molar-refractivity contribution in [3.63, 3.8) is 0 Å². The fourth-order valence-corrected chi connectivity index (χ4v) is 4.53. The van der Waals surface area contributed by atoms with Crippen LogP contribution in [-0.2, 0) is 17.8 Å². The molecule has 7 heteroatoms. The third-order valence-corrected chi connectivity index (χ3v) is 5.90. The van der Waals surface area contributed by atoms with Crippen LogP contribution in [0.4, 0.5) is 5.00 Å². The number of nitrogens with zero attached hydrogens (tertiary/aromatic N) is 1. The summed E-state index contributed by atoms with van der Waals surface area (Å²) in [4.78, 5) is 27.8. The number of nitrogens with one attached hydrogen (secondary N) is 1. The zero-order chi connectivity index (χ0) is 19.6. The Labute approximate surface area is 163 Å². The van der Waals surface area contributed by atoms with Gasteiger partial charge in [-0.3, -0.25) is 14.5 Å². The van der Waals surface area contributed by atoms with Crippen LogP contribution in [0.25, 0.3) is 0 Å². The normalized spacial score (nSPS) is 14.1. The van der Waals surface area contributed by atoms with Crippen molar-refractivity contribution in [2.75, 3.05) is 18.5 Å². The molecule has 1 aromatic heterocycles. The summed E-state index contributed by atoms with van der Waals surface area (Å²) in [6, 6.07) is 7.95. The number of nitrogens with two attached hydrogens (primary N) is 1. The summed E-state index contributed by atoms with van der Waals surface area (Å²) in [6.45, 7) is 7.76. The summed E-state index contributed by atoms with van der Waals surface area (Å²) in [5.74, 6) is -0.137. The molecule has 6 nitrogen and oxygen atoms in total. The molecular weight excluding hydrogens is 362 g/mol. The van der Waals surface area contributed by atoms with Crippen molar-refractivity contribution in [2.45, 2.75) is 39.8 Å². The topological polar surface area (TPSA) is 84.7 Å². The van der Waals surface area contributed by atoms with E-state index in [4.69, 9.17) is 10.5 Å². The number of carbonyl (C=O) groups excluding carboxylic acids is 2. The number of aryl methyl sites for hydroxylation is 1. The van der Waals surface area contributed by atoms with Gasteiger partial charge >= 0.3 is 0 Å². The van der Waals surface area contributed by atoms with E-state index < -0.39 is 5.91 Å². The number of thiophene rings is 1. The van der Waals surface area contributed by atoms with E-state index in [9.17, 15) is 9.59 Å². The highest BCUT2D eigenvalue weighted by atomic mass is 32.1. The van der Waals surface area contributed by atoms with Gasteiger partial charge in [0, 0.05) is 24.0 Å². The Morgan fingerprint density at radius 3 is 2.74 bits per heavy atom. The van der Waals surface area contributed by atoms with Crippen molar-refractivity contribution in [3.8, 4) is 5.75 Å². The van der Waals surface area contributed by atoms with Gasteiger partial charge in [-0.05, 0) is 44.4 Å². The average Bonchev–Trinajstić information content (AvgIpc) is 2.97. The van der Waals surface area contributed by atoms with Gasteiger partial charge in [0.25, 0.3) is 11.8 Å². The van der Waals surface area contributed by atoms with Gasteiger partial charge in [0.1, 0.15) is 10.8 Å². The van der Waals surface area contributed by atoms with Crippen molar-refractivity contribution in [1.29, 1.82) is 0 Å². The van der Waals surface area contributed by atoms with E-state index in [0.29, 0.717) is 22.4 Å². The lowest BCUT2D eigenvalue weighted by atomic mass is 10.0. The standard InChI is InChI=1S/C20H25N3O3S/c1-12(2)23-9-8-14-16(10-23)27-20(18(14)19(21)25)22-17(24)11-26-15-7-5-4-6-13(15)3/h4-7,12H,8-11H2,1-3H3,(H2,21,25)(H,22,24). The first-order valence-electron chi connectivity index (χ1n) is 9.03. The lowest BCUT2D eigenvalue weighted by Gasteiger charge is -2.30. The van der Waals surface area contributed by atoms with Crippen LogP contribution >= 0.6 is 11.3 Å². The molecule has 2 aromatic rings. The number of amides is 2. The Morgan fingerprint density at radius 2 is 2.07 bits per heavy atom. The number of primary amides is 1. The summed E-state index contributed by atoms with van der Waals surface area (Å²) in [7, 11) is 0. The Balaban J connectivity index is 1.73. The zero-order valence-corrected chi connectivity index (χ0v) is 16.7. The number of anilines is 1. The molecule has 2 amide bonds. The summed E-state index contributed by atoms with van der Waals surface area (Å²) in [5, 5.41) is 3.34. The molecule has 144 valence electrons. The van der Waals surface area contributed by atoms with Gasteiger partial charge in [-0.25, -0.2) is 0 Å². The fourth-order valence-electron chi connectivity index (χ4n) is 3.24. The zero-order valence-electron chi connectivity index (χ0n) is 15.9. The quantitative estimate of drug-likeness (QED) is 0.798. The van der Waals surface area contributed by atoms with Crippen LogP contribution in [0, 0.1) is 6.92 Å².